The Bertz CT molecular complexity index is 265. The number of hydrogen-bond donors (Lipinski definition) is 0. The normalized spacial score (nSPS) is 9.45. The van der Waals surface area contributed by atoms with Gasteiger partial charge < -0.3 is 4.42 Å². The van der Waals surface area contributed by atoms with Gasteiger partial charge in [-0.3, -0.25) is 0 Å². The third-order valence-corrected chi connectivity index (χ3v) is 1.74. The van der Waals surface area contributed by atoms with E-state index in [0.717, 1.165) is 0 Å². The molecule has 4 nitrogen and oxygen atoms in total. The smallest absolute Gasteiger partial charge is 0.226 e. The second-order valence-electron chi connectivity index (χ2n) is 1.87. The van der Waals surface area contributed by atoms with Gasteiger partial charge in [0.2, 0.25) is 11.8 Å². The average Bonchev–Trinajstić information content (AvgIpc) is 2.37. The SMILES string of the molecule is Cc1nnc(CSCC#N)o1. The summed E-state index contributed by atoms with van der Waals surface area (Å²) in [5.74, 6) is 2.23. The van der Waals surface area contributed by atoms with Gasteiger partial charge in [0.1, 0.15) is 0 Å². The van der Waals surface area contributed by atoms with Crippen LogP contribution in [0, 0.1) is 18.3 Å². The zero-order chi connectivity index (χ0) is 8.10. The minimum absolute atomic E-state index is 0.460. The van der Waals surface area contributed by atoms with Gasteiger partial charge in [-0.15, -0.1) is 22.0 Å². The Kier molecular flexibility index (Phi) is 2.93. The topological polar surface area (TPSA) is 62.7 Å². The number of nitrogens with zero attached hydrogens (tertiary/aromatic N) is 3. The lowest BCUT2D eigenvalue weighted by Gasteiger charge is -1.87. The lowest BCUT2D eigenvalue weighted by Crippen LogP contribution is -1.80. The maximum Gasteiger partial charge on any atom is 0.226 e. The summed E-state index contributed by atoms with van der Waals surface area (Å²) in [6, 6.07) is 2.02. The molecule has 0 N–H and O–H groups in total. The van der Waals surface area contributed by atoms with E-state index in [2.05, 4.69) is 10.2 Å². The lowest BCUT2D eigenvalue weighted by atomic mass is 10.8. The Morgan fingerprint density at radius 3 is 3.00 bits per heavy atom. The van der Waals surface area contributed by atoms with Crippen molar-refractivity contribution < 1.29 is 4.42 Å². The quantitative estimate of drug-likeness (QED) is 0.635. The van der Waals surface area contributed by atoms with E-state index in [0.29, 0.717) is 23.3 Å². The third-order valence-electron chi connectivity index (χ3n) is 0.960. The summed E-state index contributed by atoms with van der Waals surface area (Å²) in [4.78, 5) is 0. The van der Waals surface area contributed by atoms with E-state index in [9.17, 15) is 0 Å². The molecule has 0 aliphatic carbocycles. The Labute approximate surface area is 68.6 Å². The molecular weight excluding hydrogens is 162 g/mol. The molecule has 5 heteroatoms. The summed E-state index contributed by atoms with van der Waals surface area (Å²) in [5.41, 5.74) is 0. The summed E-state index contributed by atoms with van der Waals surface area (Å²) in [6.07, 6.45) is 0. The first kappa shape index (κ1) is 8.08. The monoisotopic (exact) mass is 169 g/mol. The molecule has 0 fully saturated rings. The molecule has 1 aromatic rings. The molecule has 1 heterocycles. The zero-order valence-electron chi connectivity index (χ0n) is 6.07. The maximum atomic E-state index is 8.21. The van der Waals surface area contributed by atoms with Gasteiger partial charge in [-0.05, 0) is 0 Å². The van der Waals surface area contributed by atoms with Crippen molar-refractivity contribution in [2.75, 3.05) is 5.75 Å². The van der Waals surface area contributed by atoms with Crippen LogP contribution in [0.2, 0.25) is 0 Å². The molecular formula is C6H7N3OS. The molecule has 0 spiro atoms. The molecule has 0 aliphatic heterocycles. The zero-order valence-corrected chi connectivity index (χ0v) is 6.89. The number of hydrogen-bond acceptors (Lipinski definition) is 5. The van der Waals surface area contributed by atoms with E-state index in [1.54, 1.807) is 6.92 Å². The minimum Gasteiger partial charge on any atom is -0.425 e. The minimum atomic E-state index is 0.460. The summed E-state index contributed by atoms with van der Waals surface area (Å²) < 4.78 is 5.08. The van der Waals surface area contributed by atoms with Gasteiger partial charge in [-0.2, -0.15) is 5.26 Å². The van der Waals surface area contributed by atoms with E-state index in [1.807, 2.05) is 6.07 Å². The fourth-order valence-corrected chi connectivity index (χ4v) is 1.06. The summed E-state index contributed by atoms with van der Waals surface area (Å²) >= 11 is 1.46. The van der Waals surface area contributed by atoms with Crippen LogP contribution in [0.4, 0.5) is 0 Å². The van der Waals surface area contributed by atoms with Crippen molar-refractivity contribution in [2.45, 2.75) is 12.7 Å². The van der Waals surface area contributed by atoms with Gasteiger partial charge in [0, 0.05) is 6.92 Å². The highest BCUT2D eigenvalue weighted by molar-refractivity contribution is 7.98. The Hall–Kier alpha value is -1.02. The number of aromatic nitrogens is 2. The molecule has 0 saturated carbocycles. The second-order valence-corrected chi connectivity index (χ2v) is 2.85. The predicted octanol–water partition coefficient (Wildman–Crippen LogP) is 1.13. The van der Waals surface area contributed by atoms with E-state index in [-0.39, 0.29) is 0 Å². The van der Waals surface area contributed by atoms with Crippen LogP contribution in [-0.4, -0.2) is 16.0 Å². The molecule has 0 radical (unpaired) electrons. The highest BCUT2D eigenvalue weighted by Crippen LogP contribution is 2.09. The molecule has 0 atom stereocenters. The van der Waals surface area contributed by atoms with Crippen molar-refractivity contribution >= 4 is 11.8 Å². The molecule has 0 amide bonds. The van der Waals surface area contributed by atoms with Crippen molar-refractivity contribution in [2.24, 2.45) is 0 Å². The van der Waals surface area contributed by atoms with E-state index in [1.165, 1.54) is 11.8 Å². The first-order valence-corrected chi connectivity index (χ1v) is 4.22. The van der Waals surface area contributed by atoms with Crippen molar-refractivity contribution in [1.82, 2.24) is 10.2 Å². The molecule has 1 rings (SSSR count). The highest BCUT2D eigenvalue weighted by atomic mass is 32.2. The number of rotatable bonds is 3. The predicted molar refractivity (Wildman–Crippen MR) is 40.8 cm³/mol. The third kappa shape index (κ3) is 2.60. The molecule has 0 aliphatic rings. The van der Waals surface area contributed by atoms with Gasteiger partial charge in [-0.1, -0.05) is 0 Å². The van der Waals surface area contributed by atoms with Crippen molar-refractivity contribution in [3.63, 3.8) is 0 Å². The van der Waals surface area contributed by atoms with Gasteiger partial charge in [0.25, 0.3) is 0 Å². The number of nitriles is 1. The molecule has 11 heavy (non-hydrogen) atoms. The second kappa shape index (κ2) is 3.98. The maximum absolute atomic E-state index is 8.21. The van der Waals surface area contributed by atoms with E-state index < -0.39 is 0 Å². The summed E-state index contributed by atoms with van der Waals surface area (Å²) in [7, 11) is 0. The van der Waals surface area contributed by atoms with Crippen LogP contribution in [0.15, 0.2) is 4.42 Å². The fraction of sp³-hybridized carbons (Fsp3) is 0.500. The molecule has 0 aromatic carbocycles. The van der Waals surface area contributed by atoms with Crippen LogP contribution in [-0.2, 0) is 5.75 Å². The van der Waals surface area contributed by atoms with Gasteiger partial charge in [0.15, 0.2) is 0 Å². The summed E-state index contributed by atoms with van der Waals surface area (Å²) in [5, 5.41) is 15.6. The number of aryl methyl sites for hydroxylation is 1. The van der Waals surface area contributed by atoms with Crippen LogP contribution in [0.1, 0.15) is 11.8 Å². The van der Waals surface area contributed by atoms with Crippen LogP contribution >= 0.6 is 11.8 Å². The molecule has 0 unspecified atom stereocenters. The van der Waals surface area contributed by atoms with Crippen molar-refractivity contribution in [3.05, 3.63) is 11.8 Å². The van der Waals surface area contributed by atoms with Gasteiger partial charge >= 0.3 is 0 Å². The lowest BCUT2D eigenvalue weighted by molar-refractivity contribution is 0.485. The van der Waals surface area contributed by atoms with E-state index >= 15 is 0 Å². The molecule has 0 saturated heterocycles. The van der Waals surface area contributed by atoms with Crippen LogP contribution in [0.3, 0.4) is 0 Å². The van der Waals surface area contributed by atoms with Crippen LogP contribution in [0.25, 0.3) is 0 Å². The standard InChI is InChI=1S/C6H7N3OS/c1-5-8-9-6(10-5)4-11-3-2-7/h3-4H2,1H3. The first-order chi connectivity index (χ1) is 5.33. The first-order valence-electron chi connectivity index (χ1n) is 3.06. The highest BCUT2D eigenvalue weighted by Gasteiger charge is 2.00. The fourth-order valence-electron chi connectivity index (χ4n) is 0.580. The van der Waals surface area contributed by atoms with Gasteiger partial charge in [-0.25, -0.2) is 0 Å². The van der Waals surface area contributed by atoms with Crippen LogP contribution < -0.4 is 0 Å². The average molecular weight is 169 g/mol. The largest absolute Gasteiger partial charge is 0.425 e. The van der Waals surface area contributed by atoms with Gasteiger partial charge in [0.05, 0.1) is 17.6 Å². The molecule has 0 bridgehead atoms. The Morgan fingerprint density at radius 1 is 1.64 bits per heavy atom. The molecule has 58 valence electrons. The van der Waals surface area contributed by atoms with Crippen molar-refractivity contribution in [1.29, 1.82) is 5.26 Å². The molecule has 1 aromatic heterocycles. The Morgan fingerprint density at radius 2 is 2.45 bits per heavy atom. The van der Waals surface area contributed by atoms with Crippen molar-refractivity contribution in [3.8, 4) is 6.07 Å². The summed E-state index contributed by atoms with van der Waals surface area (Å²) in [6.45, 7) is 1.74. The van der Waals surface area contributed by atoms with E-state index in [4.69, 9.17) is 9.68 Å². The Balaban J connectivity index is 2.34. The van der Waals surface area contributed by atoms with Crippen LogP contribution in [0.5, 0.6) is 0 Å². The number of thioether (sulfide) groups is 1.